The second-order valence-corrected chi connectivity index (χ2v) is 4.98. The first-order chi connectivity index (χ1) is 8.12. The van der Waals surface area contributed by atoms with E-state index in [0.29, 0.717) is 13.2 Å². The molecule has 0 saturated carbocycles. The highest BCUT2D eigenvalue weighted by atomic mass is 16.5. The Labute approximate surface area is 103 Å². The summed E-state index contributed by atoms with van der Waals surface area (Å²) in [5, 5.41) is 0. The molecule has 0 spiro atoms. The molecule has 2 aliphatic rings. The zero-order chi connectivity index (χ0) is 12.5. The average Bonchev–Trinajstić information content (AvgIpc) is 2.92. The van der Waals surface area contributed by atoms with Crippen molar-refractivity contribution in [1.82, 2.24) is 0 Å². The summed E-state index contributed by atoms with van der Waals surface area (Å²) in [6, 6.07) is 0.504. The van der Waals surface area contributed by atoms with Gasteiger partial charge in [-0.25, -0.2) is 9.98 Å². The van der Waals surface area contributed by atoms with E-state index < -0.39 is 0 Å². The van der Waals surface area contributed by atoms with Gasteiger partial charge in [-0.1, -0.05) is 13.8 Å². The molecule has 4 heteroatoms. The second-order valence-electron chi connectivity index (χ2n) is 4.98. The summed E-state index contributed by atoms with van der Waals surface area (Å²) < 4.78 is 11.5. The lowest BCUT2D eigenvalue weighted by Crippen LogP contribution is -2.39. The molecule has 2 aliphatic heterocycles. The maximum absolute atomic E-state index is 5.75. The highest BCUT2D eigenvalue weighted by molar-refractivity contribution is 6.06. The van der Waals surface area contributed by atoms with E-state index in [1.165, 1.54) is 0 Å². The molecule has 0 aliphatic carbocycles. The number of nitrogens with zero attached hydrogens (tertiary/aromatic N) is 2. The molecule has 4 nitrogen and oxygen atoms in total. The van der Waals surface area contributed by atoms with Gasteiger partial charge in [0.15, 0.2) is 11.8 Å². The van der Waals surface area contributed by atoms with Gasteiger partial charge in [0.2, 0.25) is 0 Å². The molecule has 0 amide bonds. The van der Waals surface area contributed by atoms with Gasteiger partial charge in [0.1, 0.15) is 18.6 Å². The number of aliphatic imine (C=N–C) groups is 2. The van der Waals surface area contributed by atoms with Crippen LogP contribution in [0.1, 0.15) is 40.5 Å². The molecule has 17 heavy (non-hydrogen) atoms. The second kappa shape index (κ2) is 4.67. The van der Waals surface area contributed by atoms with Crippen molar-refractivity contribution in [1.29, 1.82) is 0 Å². The van der Waals surface area contributed by atoms with E-state index in [2.05, 4.69) is 37.7 Å². The maximum atomic E-state index is 5.75. The standard InChI is InChI=1S/C13H22N2O2/c1-5-13(6-2,11-14-9(3)7-16-11)12-15-10(4)8-17-12/h9-10H,5-8H2,1-4H3. The minimum absolute atomic E-state index is 0.241. The summed E-state index contributed by atoms with van der Waals surface area (Å²) in [4.78, 5) is 9.21. The van der Waals surface area contributed by atoms with Crippen molar-refractivity contribution in [3.8, 4) is 0 Å². The van der Waals surface area contributed by atoms with Gasteiger partial charge in [-0.2, -0.15) is 0 Å². The van der Waals surface area contributed by atoms with E-state index >= 15 is 0 Å². The van der Waals surface area contributed by atoms with Crippen LogP contribution in [-0.4, -0.2) is 37.1 Å². The van der Waals surface area contributed by atoms with Crippen LogP contribution in [-0.2, 0) is 9.47 Å². The summed E-state index contributed by atoms with van der Waals surface area (Å²) in [5.41, 5.74) is -0.241. The fourth-order valence-corrected chi connectivity index (χ4v) is 2.42. The molecule has 0 radical (unpaired) electrons. The first-order valence-corrected chi connectivity index (χ1v) is 6.54. The van der Waals surface area contributed by atoms with Crippen molar-refractivity contribution in [2.24, 2.45) is 15.4 Å². The summed E-state index contributed by atoms with van der Waals surface area (Å²) in [5.74, 6) is 1.64. The van der Waals surface area contributed by atoms with Gasteiger partial charge in [0.25, 0.3) is 0 Å². The molecule has 0 bridgehead atoms. The lowest BCUT2D eigenvalue weighted by molar-refractivity contribution is 0.247. The Morgan fingerprint density at radius 3 is 1.65 bits per heavy atom. The van der Waals surface area contributed by atoms with Crippen molar-refractivity contribution < 1.29 is 9.47 Å². The van der Waals surface area contributed by atoms with Crippen LogP contribution in [0.3, 0.4) is 0 Å². The Hall–Kier alpha value is -1.06. The number of ether oxygens (including phenoxy) is 2. The van der Waals surface area contributed by atoms with Gasteiger partial charge in [0.05, 0.1) is 12.1 Å². The average molecular weight is 238 g/mol. The third kappa shape index (κ3) is 2.05. The Balaban J connectivity index is 2.32. The van der Waals surface area contributed by atoms with Gasteiger partial charge in [-0.15, -0.1) is 0 Å². The summed E-state index contributed by atoms with van der Waals surface area (Å²) in [6.07, 6.45) is 1.83. The lowest BCUT2D eigenvalue weighted by Gasteiger charge is -2.29. The van der Waals surface area contributed by atoms with Crippen molar-refractivity contribution >= 4 is 11.8 Å². The van der Waals surface area contributed by atoms with Crippen LogP contribution in [0.2, 0.25) is 0 Å². The quantitative estimate of drug-likeness (QED) is 0.755. The zero-order valence-electron chi connectivity index (χ0n) is 11.2. The van der Waals surface area contributed by atoms with Crippen LogP contribution in [0.15, 0.2) is 9.98 Å². The molecule has 2 unspecified atom stereocenters. The molecule has 0 aromatic carbocycles. The Bertz CT molecular complexity index is 315. The Morgan fingerprint density at radius 1 is 1.00 bits per heavy atom. The SMILES string of the molecule is CCC(CC)(C1=NC(C)CO1)C1=NC(C)CO1. The highest BCUT2D eigenvalue weighted by Crippen LogP contribution is 2.36. The summed E-state index contributed by atoms with van der Waals surface area (Å²) in [6.45, 7) is 9.80. The normalized spacial score (nSPS) is 28.5. The number of rotatable bonds is 4. The summed E-state index contributed by atoms with van der Waals surface area (Å²) >= 11 is 0. The van der Waals surface area contributed by atoms with Crippen molar-refractivity contribution in [2.45, 2.75) is 52.6 Å². The molecular weight excluding hydrogens is 216 g/mol. The van der Waals surface area contributed by atoms with Gasteiger partial charge in [-0.05, 0) is 26.7 Å². The van der Waals surface area contributed by atoms with Crippen molar-refractivity contribution in [3.63, 3.8) is 0 Å². The third-order valence-corrected chi connectivity index (χ3v) is 3.62. The highest BCUT2D eigenvalue weighted by Gasteiger charge is 2.45. The molecule has 2 heterocycles. The summed E-state index contributed by atoms with van der Waals surface area (Å²) in [7, 11) is 0. The van der Waals surface area contributed by atoms with Crippen LogP contribution in [0, 0.1) is 5.41 Å². The number of hydrogen-bond acceptors (Lipinski definition) is 4. The van der Waals surface area contributed by atoms with Crippen LogP contribution >= 0.6 is 0 Å². The van der Waals surface area contributed by atoms with E-state index in [1.807, 2.05) is 0 Å². The monoisotopic (exact) mass is 238 g/mol. The van der Waals surface area contributed by atoms with Crippen molar-refractivity contribution in [2.75, 3.05) is 13.2 Å². The molecule has 0 N–H and O–H groups in total. The first kappa shape index (κ1) is 12.4. The third-order valence-electron chi connectivity index (χ3n) is 3.62. The predicted octanol–water partition coefficient (Wildman–Crippen LogP) is 2.43. The fourth-order valence-electron chi connectivity index (χ4n) is 2.42. The first-order valence-electron chi connectivity index (χ1n) is 6.54. The largest absolute Gasteiger partial charge is 0.478 e. The van der Waals surface area contributed by atoms with Crippen LogP contribution < -0.4 is 0 Å². The van der Waals surface area contributed by atoms with Crippen LogP contribution in [0.25, 0.3) is 0 Å². The molecule has 0 fully saturated rings. The molecule has 0 saturated heterocycles. The number of hydrogen-bond donors (Lipinski definition) is 0. The van der Waals surface area contributed by atoms with E-state index in [0.717, 1.165) is 24.6 Å². The molecule has 2 rings (SSSR count). The molecule has 0 aromatic heterocycles. The Morgan fingerprint density at radius 2 is 1.41 bits per heavy atom. The van der Waals surface area contributed by atoms with E-state index in [4.69, 9.17) is 9.47 Å². The van der Waals surface area contributed by atoms with Gasteiger partial charge in [0, 0.05) is 0 Å². The van der Waals surface area contributed by atoms with Crippen LogP contribution in [0.5, 0.6) is 0 Å². The lowest BCUT2D eigenvalue weighted by atomic mass is 9.81. The molecular formula is C13H22N2O2. The molecule has 0 aromatic rings. The minimum Gasteiger partial charge on any atom is -0.478 e. The molecule has 2 atom stereocenters. The maximum Gasteiger partial charge on any atom is 0.199 e. The van der Waals surface area contributed by atoms with Crippen molar-refractivity contribution in [3.05, 3.63) is 0 Å². The predicted molar refractivity (Wildman–Crippen MR) is 68.7 cm³/mol. The van der Waals surface area contributed by atoms with Crippen LogP contribution in [0.4, 0.5) is 0 Å². The minimum atomic E-state index is -0.241. The van der Waals surface area contributed by atoms with Gasteiger partial charge < -0.3 is 9.47 Å². The zero-order valence-corrected chi connectivity index (χ0v) is 11.2. The Kier molecular flexibility index (Phi) is 3.40. The van der Waals surface area contributed by atoms with Gasteiger partial charge >= 0.3 is 0 Å². The van der Waals surface area contributed by atoms with E-state index in [9.17, 15) is 0 Å². The smallest absolute Gasteiger partial charge is 0.199 e. The van der Waals surface area contributed by atoms with E-state index in [1.54, 1.807) is 0 Å². The van der Waals surface area contributed by atoms with E-state index in [-0.39, 0.29) is 17.5 Å². The molecule has 96 valence electrons. The fraction of sp³-hybridized carbons (Fsp3) is 0.846. The van der Waals surface area contributed by atoms with Gasteiger partial charge in [-0.3, -0.25) is 0 Å². The topological polar surface area (TPSA) is 43.2 Å².